The lowest BCUT2D eigenvalue weighted by Crippen LogP contribution is -2.41. The van der Waals surface area contributed by atoms with Crippen LogP contribution in [0.4, 0.5) is 0 Å². The first-order valence-corrected chi connectivity index (χ1v) is 17.4. The van der Waals surface area contributed by atoms with Crippen LogP contribution in [0.3, 0.4) is 0 Å². The van der Waals surface area contributed by atoms with E-state index >= 15 is 0 Å². The van der Waals surface area contributed by atoms with Crippen molar-refractivity contribution in [1.82, 2.24) is 10.2 Å². The lowest BCUT2D eigenvalue weighted by Gasteiger charge is -2.47. The van der Waals surface area contributed by atoms with Crippen LogP contribution in [0.25, 0.3) is 0 Å². The first-order chi connectivity index (χ1) is 18.1. The molecule has 0 aromatic carbocycles. The number of likely N-dealkylation sites (tertiary alicyclic amines) is 2. The smallest absolute Gasteiger partial charge is 0.0816 e. The first-order valence-electron chi connectivity index (χ1n) is 17.4. The predicted molar refractivity (Wildman–Crippen MR) is 176 cm³/mol. The summed E-state index contributed by atoms with van der Waals surface area (Å²) in [6.07, 6.45) is 6.85. The van der Waals surface area contributed by atoms with Crippen LogP contribution in [-0.2, 0) is 0 Å². The normalized spacial score (nSPS) is 32.5. The Hall–Kier alpha value is -0.120. The molecule has 6 unspecified atom stereocenters. The average molecular weight is 561 g/mol. The third kappa shape index (κ3) is 8.72. The highest BCUT2D eigenvalue weighted by molar-refractivity contribution is 4.99. The van der Waals surface area contributed by atoms with E-state index in [0.717, 1.165) is 41.4 Å². The maximum Gasteiger partial charge on any atom is 0.0816 e. The van der Waals surface area contributed by atoms with Crippen LogP contribution in [0.5, 0.6) is 0 Å². The molecule has 0 radical (unpaired) electrons. The highest BCUT2D eigenvalue weighted by Gasteiger charge is 2.50. The Morgan fingerprint density at radius 2 is 1.23 bits per heavy atom. The summed E-state index contributed by atoms with van der Waals surface area (Å²) in [7, 11) is 4.94. The molecule has 1 N–H and O–H groups in total. The van der Waals surface area contributed by atoms with Gasteiger partial charge < -0.3 is 14.7 Å². The van der Waals surface area contributed by atoms with E-state index in [9.17, 15) is 0 Å². The van der Waals surface area contributed by atoms with Crippen molar-refractivity contribution >= 4 is 0 Å². The monoisotopic (exact) mass is 561 g/mol. The van der Waals surface area contributed by atoms with E-state index in [1.54, 1.807) is 0 Å². The first kappa shape index (κ1) is 34.4. The van der Waals surface area contributed by atoms with Crippen LogP contribution >= 0.6 is 0 Å². The summed E-state index contributed by atoms with van der Waals surface area (Å²) in [6, 6.07) is 0. The number of rotatable bonds is 12. The standard InChI is InChI=1S/C37H74N3/c1-15-28-23-39(22-27(2)3)24-30(28)17-35(7,8)33-21-38-20-29(33)18-36(9,10)37(11,12)19-32-26-40(13,14)25-31(32)16-34(4,5)6/h27-33,38H,15-26H2,1-14H3/q+1. The summed E-state index contributed by atoms with van der Waals surface area (Å²) in [4.78, 5) is 2.78. The molecular formula is C37H74N3+. The van der Waals surface area contributed by atoms with Gasteiger partial charge in [-0.25, -0.2) is 0 Å². The van der Waals surface area contributed by atoms with E-state index in [1.165, 1.54) is 82.4 Å². The van der Waals surface area contributed by atoms with Crippen molar-refractivity contribution in [2.24, 2.45) is 63.1 Å². The topological polar surface area (TPSA) is 15.3 Å². The Labute approximate surface area is 252 Å². The van der Waals surface area contributed by atoms with Crippen molar-refractivity contribution in [2.45, 2.75) is 115 Å². The van der Waals surface area contributed by atoms with Crippen LogP contribution in [0.2, 0.25) is 0 Å². The second kappa shape index (κ2) is 12.5. The fourth-order valence-corrected chi connectivity index (χ4v) is 9.84. The van der Waals surface area contributed by atoms with Crippen molar-refractivity contribution in [3.05, 3.63) is 0 Å². The molecule has 3 heterocycles. The van der Waals surface area contributed by atoms with Crippen molar-refractivity contribution < 1.29 is 4.48 Å². The summed E-state index contributed by atoms with van der Waals surface area (Å²) >= 11 is 0. The zero-order valence-corrected chi connectivity index (χ0v) is 29.9. The van der Waals surface area contributed by atoms with Crippen LogP contribution in [0.15, 0.2) is 0 Å². The molecule has 0 bridgehead atoms. The largest absolute Gasteiger partial charge is 0.328 e. The molecule has 40 heavy (non-hydrogen) atoms. The average Bonchev–Trinajstić information content (AvgIpc) is 3.43. The van der Waals surface area contributed by atoms with Crippen molar-refractivity contribution in [3.8, 4) is 0 Å². The number of quaternary nitrogens is 1. The Morgan fingerprint density at radius 1 is 0.700 bits per heavy atom. The van der Waals surface area contributed by atoms with Gasteiger partial charge in [0.2, 0.25) is 0 Å². The fraction of sp³-hybridized carbons (Fsp3) is 1.00. The van der Waals surface area contributed by atoms with Gasteiger partial charge in [0.15, 0.2) is 0 Å². The molecule has 0 spiro atoms. The molecule has 3 aliphatic heterocycles. The van der Waals surface area contributed by atoms with Gasteiger partial charge in [0.25, 0.3) is 0 Å². The van der Waals surface area contributed by atoms with E-state index in [4.69, 9.17) is 0 Å². The zero-order chi connectivity index (χ0) is 30.3. The van der Waals surface area contributed by atoms with Gasteiger partial charge in [-0.05, 0) is 90.0 Å². The summed E-state index contributed by atoms with van der Waals surface area (Å²) in [5, 5.41) is 3.89. The van der Waals surface area contributed by atoms with Gasteiger partial charge in [-0.15, -0.1) is 0 Å². The zero-order valence-electron chi connectivity index (χ0n) is 29.9. The van der Waals surface area contributed by atoms with Gasteiger partial charge >= 0.3 is 0 Å². The Balaban J connectivity index is 1.68. The molecule has 0 amide bonds. The predicted octanol–water partition coefficient (Wildman–Crippen LogP) is 8.44. The second-order valence-corrected chi connectivity index (χ2v) is 19.5. The summed E-state index contributed by atoms with van der Waals surface area (Å²) < 4.78 is 1.21. The van der Waals surface area contributed by atoms with Crippen LogP contribution in [0.1, 0.15) is 115 Å². The Kier molecular flexibility index (Phi) is 10.7. The number of hydrogen-bond acceptors (Lipinski definition) is 2. The number of hydrogen-bond donors (Lipinski definition) is 1. The maximum atomic E-state index is 3.89. The van der Waals surface area contributed by atoms with Gasteiger partial charge in [0.1, 0.15) is 0 Å². The van der Waals surface area contributed by atoms with E-state index < -0.39 is 0 Å². The molecule has 3 saturated heterocycles. The highest BCUT2D eigenvalue weighted by Crippen LogP contribution is 2.53. The molecule has 3 heteroatoms. The molecule has 0 aromatic heterocycles. The van der Waals surface area contributed by atoms with Gasteiger partial charge in [-0.2, -0.15) is 0 Å². The molecule has 0 aliphatic carbocycles. The molecule has 3 rings (SSSR count). The van der Waals surface area contributed by atoms with Crippen LogP contribution < -0.4 is 5.32 Å². The molecule has 236 valence electrons. The Bertz CT molecular complexity index is 801. The van der Waals surface area contributed by atoms with Gasteiger partial charge in [-0.1, -0.05) is 89.5 Å². The van der Waals surface area contributed by atoms with Gasteiger partial charge in [0, 0.05) is 31.5 Å². The highest BCUT2D eigenvalue weighted by atomic mass is 15.3. The minimum Gasteiger partial charge on any atom is -0.328 e. The maximum absolute atomic E-state index is 3.89. The van der Waals surface area contributed by atoms with Crippen LogP contribution in [-0.4, -0.2) is 69.3 Å². The summed E-state index contributed by atoms with van der Waals surface area (Å²) in [5.41, 5.74) is 1.48. The number of nitrogens with zero attached hydrogens (tertiary/aromatic N) is 2. The lowest BCUT2D eigenvalue weighted by atomic mass is 9.57. The van der Waals surface area contributed by atoms with E-state index in [-0.39, 0.29) is 0 Å². The molecule has 6 atom stereocenters. The minimum atomic E-state index is 0.331. The Morgan fingerprint density at radius 3 is 1.75 bits per heavy atom. The fourth-order valence-electron chi connectivity index (χ4n) is 9.84. The quantitative estimate of drug-likeness (QED) is 0.241. The van der Waals surface area contributed by atoms with Crippen molar-refractivity contribution in [1.29, 1.82) is 0 Å². The molecule has 3 fully saturated rings. The molecular weight excluding hydrogens is 486 g/mol. The second-order valence-electron chi connectivity index (χ2n) is 19.5. The number of nitrogens with one attached hydrogen (secondary N) is 1. The summed E-state index contributed by atoms with van der Waals surface area (Å²) in [5.74, 6) is 5.81. The summed E-state index contributed by atoms with van der Waals surface area (Å²) in [6.45, 7) is 39.4. The van der Waals surface area contributed by atoms with Gasteiger partial charge in [0.05, 0.1) is 27.2 Å². The minimum absolute atomic E-state index is 0.331. The third-order valence-corrected chi connectivity index (χ3v) is 12.3. The van der Waals surface area contributed by atoms with Crippen molar-refractivity contribution in [3.63, 3.8) is 0 Å². The van der Waals surface area contributed by atoms with Crippen LogP contribution in [0, 0.1) is 63.1 Å². The molecule has 3 nitrogen and oxygen atoms in total. The third-order valence-electron chi connectivity index (χ3n) is 12.3. The SMILES string of the molecule is CCC1CN(CC(C)C)CC1CC(C)(C)C1CNCC1CC(C)(C)C(C)(C)CC1C[N+](C)(C)CC1CC(C)(C)C. The van der Waals surface area contributed by atoms with E-state index in [1.807, 2.05) is 0 Å². The van der Waals surface area contributed by atoms with E-state index in [2.05, 4.69) is 107 Å². The molecule has 0 aromatic rings. The molecule has 3 aliphatic rings. The molecule has 0 saturated carbocycles. The van der Waals surface area contributed by atoms with E-state index in [0.29, 0.717) is 21.7 Å². The van der Waals surface area contributed by atoms with Gasteiger partial charge in [-0.3, -0.25) is 0 Å². The lowest BCUT2D eigenvalue weighted by molar-refractivity contribution is -0.880. The van der Waals surface area contributed by atoms with Crippen molar-refractivity contribution in [2.75, 3.05) is 59.9 Å².